The lowest BCUT2D eigenvalue weighted by Gasteiger charge is -2.24. The van der Waals surface area contributed by atoms with Gasteiger partial charge in [0, 0.05) is 36.1 Å². The number of methoxy groups -OCH3 is 2. The molecule has 3 aromatic rings. The number of hydrogen-bond donors (Lipinski definition) is 2. The van der Waals surface area contributed by atoms with Crippen LogP contribution in [0.4, 0.5) is 5.69 Å². The van der Waals surface area contributed by atoms with Gasteiger partial charge in [-0.1, -0.05) is 18.2 Å². The SMILES string of the molecule is COc1ccc(OC)c(NC(=O)C2CCC(=O)N2Cc2c[nH]c3ccccc23)c1. The van der Waals surface area contributed by atoms with E-state index in [9.17, 15) is 9.59 Å². The van der Waals surface area contributed by atoms with E-state index >= 15 is 0 Å². The molecule has 1 atom stereocenters. The number of amides is 2. The number of benzene rings is 2. The van der Waals surface area contributed by atoms with Gasteiger partial charge >= 0.3 is 0 Å². The highest BCUT2D eigenvalue weighted by atomic mass is 16.5. The summed E-state index contributed by atoms with van der Waals surface area (Å²) in [4.78, 5) is 30.4. The maximum atomic E-state index is 13.0. The zero-order chi connectivity index (χ0) is 20.4. The molecule has 150 valence electrons. The first kappa shape index (κ1) is 18.9. The predicted octanol–water partition coefficient (Wildman–Crippen LogP) is 3.31. The maximum Gasteiger partial charge on any atom is 0.247 e. The van der Waals surface area contributed by atoms with E-state index in [0.29, 0.717) is 36.6 Å². The summed E-state index contributed by atoms with van der Waals surface area (Å²) in [7, 11) is 3.10. The summed E-state index contributed by atoms with van der Waals surface area (Å²) in [6.45, 7) is 0.385. The molecule has 4 rings (SSSR count). The minimum absolute atomic E-state index is 0.0203. The van der Waals surface area contributed by atoms with Gasteiger partial charge in [-0.3, -0.25) is 9.59 Å². The average Bonchev–Trinajstić information content (AvgIpc) is 3.32. The lowest BCUT2D eigenvalue weighted by molar-refractivity contribution is -0.133. The normalized spacial score (nSPS) is 16.3. The van der Waals surface area contributed by atoms with Crippen LogP contribution >= 0.6 is 0 Å². The minimum Gasteiger partial charge on any atom is -0.497 e. The van der Waals surface area contributed by atoms with Crippen LogP contribution in [-0.2, 0) is 16.1 Å². The molecule has 0 saturated carbocycles. The molecule has 0 bridgehead atoms. The second kappa shape index (κ2) is 7.87. The quantitative estimate of drug-likeness (QED) is 0.673. The first-order chi connectivity index (χ1) is 14.1. The van der Waals surface area contributed by atoms with Crippen LogP contribution in [0.1, 0.15) is 18.4 Å². The van der Waals surface area contributed by atoms with Crippen molar-refractivity contribution in [3.8, 4) is 11.5 Å². The Morgan fingerprint density at radius 3 is 2.83 bits per heavy atom. The highest BCUT2D eigenvalue weighted by Gasteiger charge is 2.36. The third kappa shape index (κ3) is 3.63. The van der Waals surface area contributed by atoms with Gasteiger partial charge in [-0.05, 0) is 30.2 Å². The maximum absolute atomic E-state index is 13.0. The predicted molar refractivity (Wildman–Crippen MR) is 110 cm³/mol. The number of likely N-dealkylation sites (tertiary alicyclic amines) is 1. The van der Waals surface area contributed by atoms with E-state index in [0.717, 1.165) is 16.5 Å². The van der Waals surface area contributed by atoms with Crippen molar-refractivity contribution in [1.29, 1.82) is 0 Å². The first-order valence-electron chi connectivity index (χ1n) is 9.48. The van der Waals surface area contributed by atoms with Crippen molar-refractivity contribution in [3.05, 3.63) is 54.2 Å². The molecule has 1 fully saturated rings. The molecule has 1 aliphatic heterocycles. The third-order valence-corrected chi connectivity index (χ3v) is 5.31. The van der Waals surface area contributed by atoms with E-state index in [2.05, 4.69) is 10.3 Å². The number of nitrogens with one attached hydrogen (secondary N) is 2. The second-order valence-corrected chi connectivity index (χ2v) is 6.99. The summed E-state index contributed by atoms with van der Waals surface area (Å²) in [5, 5.41) is 3.96. The van der Waals surface area contributed by atoms with Crippen molar-refractivity contribution in [3.63, 3.8) is 0 Å². The molecular weight excluding hydrogens is 370 g/mol. The van der Waals surface area contributed by atoms with Crippen molar-refractivity contribution in [2.45, 2.75) is 25.4 Å². The van der Waals surface area contributed by atoms with E-state index in [4.69, 9.17) is 9.47 Å². The van der Waals surface area contributed by atoms with Gasteiger partial charge in [-0.2, -0.15) is 0 Å². The Bertz CT molecular complexity index is 1060. The van der Waals surface area contributed by atoms with Gasteiger partial charge in [0.1, 0.15) is 17.5 Å². The van der Waals surface area contributed by atoms with Crippen molar-refractivity contribution in [1.82, 2.24) is 9.88 Å². The standard InChI is InChI=1S/C22H23N3O4/c1-28-15-7-9-20(29-2)18(11-15)24-22(27)19-8-10-21(26)25(19)13-14-12-23-17-6-4-3-5-16(14)17/h3-7,9,11-12,19,23H,8,10,13H2,1-2H3,(H,24,27). The number of carbonyl (C=O) groups excluding carboxylic acids is 2. The van der Waals surface area contributed by atoms with Gasteiger partial charge in [-0.25, -0.2) is 0 Å². The van der Waals surface area contributed by atoms with Crippen molar-refractivity contribution in [2.75, 3.05) is 19.5 Å². The van der Waals surface area contributed by atoms with Crippen LogP contribution in [0, 0.1) is 0 Å². The summed E-state index contributed by atoms with van der Waals surface area (Å²) in [6, 6.07) is 12.6. The molecule has 1 unspecified atom stereocenters. The van der Waals surface area contributed by atoms with Crippen LogP contribution in [0.3, 0.4) is 0 Å². The van der Waals surface area contributed by atoms with Crippen LogP contribution in [0.15, 0.2) is 48.7 Å². The molecule has 1 aromatic heterocycles. The second-order valence-electron chi connectivity index (χ2n) is 6.99. The van der Waals surface area contributed by atoms with Crippen LogP contribution in [0.25, 0.3) is 10.9 Å². The smallest absolute Gasteiger partial charge is 0.247 e. The Morgan fingerprint density at radius 1 is 1.21 bits per heavy atom. The Hall–Kier alpha value is -3.48. The van der Waals surface area contributed by atoms with E-state index in [1.807, 2.05) is 30.5 Å². The van der Waals surface area contributed by atoms with Crippen molar-refractivity contribution in [2.24, 2.45) is 0 Å². The molecule has 1 saturated heterocycles. The van der Waals surface area contributed by atoms with Gasteiger partial charge in [-0.15, -0.1) is 0 Å². The lowest BCUT2D eigenvalue weighted by atomic mass is 10.1. The highest BCUT2D eigenvalue weighted by molar-refractivity contribution is 6.00. The highest BCUT2D eigenvalue weighted by Crippen LogP contribution is 2.31. The molecule has 29 heavy (non-hydrogen) atoms. The fourth-order valence-electron chi connectivity index (χ4n) is 3.78. The molecule has 7 nitrogen and oxygen atoms in total. The summed E-state index contributed by atoms with van der Waals surface area (Å²) < 4.78 is 10.6. The van der Waals surface area contributed by atoms with Gasteiger partial charge < -0.3 is 24.7 Å². The number of anilines is 1. The van der Waals surface area contributed by atoms with E-state index in [1.165, 1.54) is 0 Å². The summed E-state index contributed by atoms with van der Waals surface area (Å²) in [5.74, 6) is 0.890. The number of hydrogen-bond acceptors (Lipinski definition) is 4. The largest absolute Gasteiger partial charge is 0.497 e. The number of rotatable bonds is 6. The molecule has 2 aromatic carbocycles. The molecule has 0 aliphatic carbocycles. The topological polar surface area (TPSA) is 83.7 Å². The van der Waals surface area contributed by atoms with E-state index < -0.39 is 6.04 Å². The molecule has 0 radical (unpaired) electrons. The number of carbonyl (C=O) groups is 2. The van der Waals surface area contributed by atoms with Gasteiger partial charge in [0.05, 0.1) is 19.9 Å². The fourth-order valence-corrected chi connectivity index (χ4v) is 3.78. The summed E-state index contributed by atoms with van der Waals surface area (Å²) in [5.41, 5.74) is 2.52. The molecule has 2 heterocycles. The zero-order valence-corrected chi connectivity index (χ0v) is 16.4. The minimum atomic E-state index is -0.535. The van der Waals surface area contributed by atoms with E-state index in [1.54, 1.807) is 37.3 Å². The molecule has 2 N–H and O–H groups in total. The Morgan fingerprint density at radius 2 is 2.03 bits per heavy atom. The van der Waals surface area contributed by atoms with Crippen LogP contribution in [0.2, 0.25) is 0 Å². The number of para-hydroxylation sites is 1. The van der Waals surface area contributed by atoms with Gasteiger partial charge in [0.2, 0.25) is 11.8 Å². The number of aromatic amines is 1. The Labute approximate surface area is 168 Å². The number of nitrogens with zero attached hydrogens (tertiary/aromatic N) is 1. The monoisotopic (exact) mass is 393 g/mol. The third-order valence-electron chi connectivity index (χ3n) is 5.31. The lowest BCUT2D eigenvalue weighted by Crippen LogP contribution is -2.41. The van der Waals surface area contributed by atoms with E-state index in [-0.39, 0.29) is 11.8 Å². The van der Waals surface area contributed by atoms with Gasteiger partial charge in [0.15, 0.2) is 0 Å². The molecule has 2 amide bonds. The van der Waals surface area contributed by atoms with Crippen molar-refractivity contribution < 1.29 is 19.1 Å². The Kier molecular flexibility index (Phi) is 5.12. The number of fused-ring (bicyclic) bond motifs is 1. The molecular formula is C22H23N3O4. The number of aromatic nitrogens is 1. The first-order valence-corrected chi connectivity index (χ1v) is 9.48. The number of ether oxygens (including phenoxy) is 2. The molecule has 7 heteroatoms. The zero-order valence-electron chi connectivity index (χ0n) is 16.4. The molecule has 0 spiro atoms. The van der Waals surface area contributed by atoms with Crippen LogP contribution in [0.5, 0.6) is 11.5 Å². The van der Waals surface area contributed by atoms with Crippen LogP contribution in [-0.4, -0.2) is 42.0 Å². The average molecular weight is 393 g/mol. The molecule has 1 aliphatic rings. The summed E-state index contributed by atoms with van der Waals surface area (Å²) in [6.07, 6.45) is 2.74. The van der Waals surface area contributed by atoms with Gasteiger partial charge in [0.25, 0.3) is 0 Å². The fraction of sp³-hybridized carbons (Fsp3) is 0.273. The van der Waals surface area contributed by atoms with Crippen LogP contribution < -0.4 is 14.8 Å². The summed E-state index contributed by atoms with van der Waals surface area (Å²) >= 11 is 0. The Balaban J connectivity index is 1.56. The number of H-pyrrole nitrogens is 1. The van der Waals surface area contributed by atoms with Crippen molar-refractivity contribution >= 4 is 28.4 Å².